The fourth-order valence-electron chi connectivity index (χ4n) is 1.29. The van der Waals surface area contributed by atoms with Gasteiger partial charge in [-0.3, -0.25) is 4.79 Å². The Morgan fingerprint density at radius 3 is 2.88 bits per heavy atom. The number of halogens is 3. The first-order valence-corrected chi connectivity index (χ1v) is 6.41. The zero-order valence-electron chi connectivity index (χ0n) is 8.41. The largest absolute Gasteiger partial charge is 0.291 e. The zero-order chi connectivity index (χ0) is 12.4. The topological polar surface area (TPSA) is 30.0 Å². The minimum atomic E-state index is -0.461. The van der Waals surface area contributed by atoms with Crippen LogP contribution >= 0.6 is 34.5 Å². The van der Waals surface area contributed by atoms with Gasteiger partial charge in [0.05, 0.1) is 16.5 Å². The molecule has 2 rings (SSSR count). The predicted octanol–water partition coefficient (Wildman–Crippen LogP) is 4.02. The Bertz CT molecular complexity index is 550. The van der Waals surface area contributed by atoms with Gasteiger partial charge in [-0.15, -0.1) is 22.9 Å². The summed E-state index contributed by atoms with van der Waals surface area (Å²) in [4.78, 5) is 15.3. The molecule has 0 saturated heterocycles. The average molecular weight is 290 g/mol. The number of aromatic nitrogens is 1. The van der Waals surface area contributed by atoms with E-state index in [1.165, 1.54) is 12.1 Å². The molecule has 0 spiro atoms. The highest BCUT2D eigenvalue weighted by atomic mass is 35.5. The molecule has 2 nitrogen and oxygen atoms in total. The van der Waals surface area contributed by atoms with Crippen LogP contribution in [0.1, 0.15) is 10.5 Å². The second kappa shape index (κ2) is 5.12. The van der Waals surface area contributed by atoms with Gasteiger partial charge in [0.25, 0.3) is 0 Å². The summed E-state index contributed by atoms with van der Waals surface area (Å²) in [7, 11) is 0. The molecule has 2 aromatic rings. The van der Waals surface area contributed by atoms with Crippen molar-refractivity contribution in [1.82, 2.24) is 4.98 Å². The highest BCUT2D eigenvalue weighted by Gasteiger charge is 2.15. The van der Waals surface area contributed by atoms with Crippen LogP contribution in [0.3, 0.4) is 0 Å². The number of benzene rings is 1. The quantitative estimate of drug-likeness (QED) is 0.631. The molecule has 0 fully saturated rings. The number of carbonyl (C=O) groups excluding carboxylic acids is 1. The number of rotatable bonds is 3. The predicted molar refractivity (Wildman–Crippen MR) is 67.6 cm³/mol. The van der Waals surface area contributed by atoms with Crippen LogP contribution in [0.25, 0.3) is 10.6 Å². The molecule has 0 aliphatic rings. The van der Waals surface area contributed by atoms with Crippen molar-refractivity contribution >= 4 is 40.3 Å². The van der Waals surface area contributed by atoms with Crippen LogP contribution in [0.5, 0.6) is 0 Å². The molecule has 0 N–H and O–H groups in total. The van der Waals surface area contributed by atoms with Gasteiger partial charge in [-0.25, -0.2) is 9.37 Å². The highest BCUT2D eigenvalue weighted by molar-refractivity contribution is 7.13. The summed E-state index contributed by atoms with van der Waals surface area (Å²) in [6.45, 7) is 0. The summed E-state index contributed by atoms with van der Waals surface area (Å²) in [6.07, 6.45) is 0. The van der Waals surface area contributed by atoms with Crippen molar-refractivity contribution in [3.8, 4) is 10.6 Å². The van der Waals surface area contributed by atoms with Crippen LogP contribution in [-0.2, 0) is 0 Å². The van der Waals surface area contributed by atoms with Crippen molar-refractivity contribution in [2.75, 3.05) is 5.88 Å². The molecular weight excluding hydrogens is 284 g/mol. The highest BCUT2D eigenvalue weighted by Crippen LogP contribution is 2.32. The molecule has 0 atom stereocenters. The van der Waals surface area contributed by atoms with E-state index < -0.39 is 5.82 Å². The Morgan fingerprint density at radius 2 is 2.24 bits per heavy atom. The van der Waals surface area contributed by atoms with Crippen molar-refractivity contribution in [3.05, 3.63) is 40.1 Å². The van der Waals surface area contributed by atoms with Gasteiger partial charge in [-0.2, -0.15) is 0 Å². The van der Waals surface area contributed by atoms with Gasteiger partial charge in [-0.05, 0) is 12.1 Å². The van der Waals surface area contributed by atoms with E-state index in [0.717, 1.165) is 11.3 Å². The molecule has 88 valence electrons. The van der Waals surface area contributed by atoms with Crippen LogP contribution in [0, 0.1) is 5.82 Å². The number of ketones is 1. The Hall–Kier alpha value is -0.970. The van der Waals surface area contributed by atoms with E-state index in [2.05, 4.69) is 4.98 Å². The van der Waals surface area contributed by atoms with Gasteiger partial charge in [-0.1, -0.05) is 17.7 Å². The normalized spacial score (nSPS) is 10.5. The molecule has 17 heavy (non-hydrogen) atoms. The van der Waals surface area contributed by atoms with Crippen LogP contribution in [-0.4, -0.2) is 16.6 Å². The Morgan fingerprint density at radius 1 is 1.47 bits per heavy atom. The lowest BCUT2D eigenvalue weighted by Gasteiger charge is -2.01. The molecule has 0 aliphatic carbocycles. The number of hydrogen-bond donors (Lipinski definition) is 0. The first-order valence-electron chi connectivity index (χ1n) is 4.62. The van der Waals surface area contributed by atoms with Crippen molar-refractivity contribution in [2.45, 2.75) is 0 Å². The monoisotopic (exact) mass is 289 g/mol. The Balaban J connectivity index is 2.47. The third-order valence-corrected chi connectivity index (χ3v) is 3.51. The lowest BCUT2D eigenvalue weighted by molar-refractivity contribution is 0.101. The molecule has 0 saturated carbocycles. The zero-order valence-corrected chi connectivity index (χ0v) is 10.7. The van der Waals surface area contributed by atoms with Gasteiger partial charge in [0.2, 0.25) is 0 Å². The van der Waals surface area contributed by atoms with Crippen LogP contribution in [0.15, 0.2) is 23.6 Å². The van der Waals surface area contributed by atoms with E-state index >= 15 is 0 Å². The average Bonchev–Trinajstić information content (AvgIpc) is 2.77. The van der Waals surface area contributed by atoms with Crippen molar-refractivity contribution in [3.63, 3.8) is 0 Å². The van der Waals surface area contributed by atoms with Crippen LogP contribution < -0.4 is 0 Å². The van der Waals surface area contributed by atoms with Gasteiger partial charge in [0.1, 0.15) is 16.5 Å². The van der Waals surface area contributed by atoms with Gasteiger partial charge in [0, 0.05) is 5.38 Å². The van der Waals surface area contributed by atoms with Crippen LogP contribution in [0.2, 0.25) is 5.02 Å². The SMILES string of the molecule is O=C(CCl)c1csc(-c2c(F)cccc2Cl)n1. The van der Waals surface area contributed by atoms with E-state index in [1.54, 1.807) is 11.4 Å². The molecule has 1 aromatic heterocycles. The van der Waals surface area contributed by atoms with E-state index in [1.807, 2.05) is 0 Å². The summed E-state index contributed by atoms with van der Waals surface area (Å²) in [6, 6.07) is 4.38. The molecular formula is C11H6Cl2FNOS. The van der Waals surface area contributed by atoms with Crippen molar-refractivity contribution in [2.24, 2.45) is 0 Å². The second-order valence-corrected chi connectivity index (χ2v) is 4.72. The van der Waals surface area contributed by atoms with Gasteiger partial charge >= 0.3 is 0 Å². The second-order valence-electron chi connectivity index (χ2n) is 3.19. The molecule has 0 amide bonds. The molecule has 0 bridgehead atoms. The van der Waals surface area contributed by atoms with Crippen molar-refractivity contribution in [1.29, 1.82) is 0 Å². The Kier molecular flexibility index (Phi) is 3.76. The Labute approximate surface area is 111 Å². The smallest absolute Gasteiger partial charge is 0.196 e. The summed E-state index contributed by atoms with van der Waals surface area (Å²) < 4.78 is 13.6. The third kappa shape index (κ3) is 2.49. The number of nitrogens with zero attached hydrogens (tertiary/aromatic N) is 1. The summed E-state index contributed by atoms with van der Waals surface area (Å²) in [5, 5.41) is 2.19. The fourth-order valence-corrected chi connectivity index (χ4v) is 2.62. The number of alkyl halides is 1. The lowest BCUT2D eigenvalue weighted by Crippen LogP contribution is -2.00. The summed E-state index contributed by atoms with van der Waals surface area (Å²) >= 11 is 12.5. The number of hydrogen-bond acceptors (Lipinski definition) is 3. The number of Topliss-reactive ketones (excluding diaryl/α,β-unsaturated/α-hetero) is 1. The molecule has 0 unspecified atom stereocenters. The number of carbonyl (C=O) groups is 1. The maximum absolute atomic E-state index is 13.6. The van der Waals surface area contributed by atoms with Gasteiger partial charge in [0.15, 0.2) is 5.78 Å². The molecule has 1 heterocycles. The van der Waals surface area contributed by atoms with E-state index in [0.29, 0.717) is 5.01 Å². The lowest BCUT2D eigenvalue weighted by atomic mass is 10.2. The fraction of sp³-hybridized carbons (Fsp3) is 0.0909. The van der Waals surface area contributed by atoms with Crippen LogP contribution in [0.4, 0.5) is 4.39 Å². The maximum Gasteiger partial charge on any atom is 0.196 e. The molecule has 0 radical (unpaired) electrons. The number of thiazole rings is 1. The minimum Gasteiger partial charge on any atom is -0.291 e. The first-order chi connectivity index (χ1) is 8.13. The van der Waals surface area contributed by atoms with Gasteiger partial charge < -0.3 is 0 Å². The summed E-state index contributed by atoms with van der Waals surface area (Å²) in [5.41, 5.74) is 0.451. The standard InChI is InChI=1S/C11H6Cl2FNOS/c12-4-9(16)8-5-17-11(15-8)10-6(13)2-1-3-7(10)14/h1-3,5H,4H2. The van der Waals surface area contributed by atoms with E-state index in [-0.39, 0.29) is 27.9 Å². The van der Waals surface area contributed by atoms with E-state index in [9.17, 15) is 9.18 Å². The van der Waals surface area contributed by atoms with E-state index in [4.69, 9.17) is 23.2 Å². The maximum atomic E-state index is 13.6. The van der Waals surface area contributed by atoms with Crippen molar-refractivity contribution < 1.29 is 9.18 Å². The minimum absolute atomic E-state index is 0.145. The molecule has 0 aliphatic heterocycles. The summed E-state index contributed by atoms with van der Waals surface area (Å²) in [5.74, 6) is -0.896. The third-order valence-electron chi connectivity index (χ3n) is 2.09. The first kappa shape index (κ1) is 12.5. The molecule has 6 heteroatoms. The molecule has 1 aromatic carbocycles.